The molecule has 0 amide bonds. The molecule has 0 N–H and O–H groups in total. The maximum atomic E-state index is 13.0. The molecule has 0 fully saturated rings. The summed E-state index contributed by atoms with van der Waals surface area (Å²) in [5.41, 5.74) is -0.907. The van der Waals surface area contributed by atoms with Gasteiger partial charge in [-0.1, -0.05) is 17.7 Å². The number of halogens is 4. The Labute approximate surface area is 111 Å². The van der Waals surface area contributed by atoms with Crippen LogP contribution in [0, 0.1) is 11.3 Å². The van der Waals surface area contributed by atoms with E-state index < -0.39 is 11.9 Å². The molecule has 0 bridgehead atoms. The van der Waals surface area contributed by atoms with Gasteiger partial charge in [-0.05, 0) is 18.2 Å². The highest BCUT2D eigenvalue weighted by molar-refractivity contribution is 6.30. The lowest BCUT2D eigenvalue weighted by molar-refractivity contribution is -0.143. The zero-order chi connectivity index (χ0) is 14.0. The minimum atomic E-state index is -4.59. The van der Waals surface area contributed by atoms with Gasteiger partial charge in [0.05, 0.1) is 24.4 Å². The summed E-state index contributed by atoms with van der Waals surface area (Å²) in [5.74, 6) is 0. The van der Waals surface area contributed by atoms with Crippen molar-refractivity contribution in [1.29, 1.82) is 5.26 Å². The fraction of sp³-hybridized carbons (Fsp3) is 0.167. The summed E-state index contributed by atoms with van der Waals surface area (Å²) >= 11 is 5.75. The topological polar surface area (TPSA) is 41.6 Å². The van der Waals surface area contributed by atoms with Crippen molar-refractivity contribution in [3.05, 3.63) is 46.7 Å². The van der Waals surface area contributed by atoms with E-state index in [2.05, 4.69) is 5.10 Å². The lowest BCUT2D eigenvalue weighted by Gasteiger charge is -2.12. The van der Waals surface area contributed by atoms with E-state index in [9.17, 15) is 13.2 Å². The van der Waals surface area contributed by atoms with Crippen molar-refractivity contribution < 1.29 is 13.2 Å². The summed E-state index contributed by atoms with van der Waals surface area (Å²) in [6.07, 6.45) is -3.90. The third-order valence-corrected chi connectivity index (χ3v) is 2.67. The number of alkyl halides is 3. The van der Waals surface area contributed by atoms with E-state index in [1.165, 1.54) is 18.2 Å². The third kappa shape index (κ3) is 2.71. The van der Waals surface area contributed by atoms with Crippen molar-refractivity contribution in [2.75, 3.05) is 0 Å². The first-order valence-corrected chi connectivity index (χ1v) is 5.58. The molecule has 2 rings (SSSR count). The summed E-state index contributed by atoms with van der Waals surface area (Å²) < 4.78 is 39.9. The normalized spacial score (nSPS) is 11.3. The predicted molar refractivity (Wildman–Crippen MR) is 62.9 cm³/mol. The van der Waals surface area contributed by atoms with Crippen LogP contribution in [0.25, 0.3) is 5.69 Å². The van der Waals surface area contributed by atoms with Crippen molar-refractivity contribution in [1.82, 2.24) is 9.78 Å². The molecule has 1 aromatic carbocycles. The molecular formula is C12H7ClF3N3. The van der Waals surface area contributed by atoms with Crippen LogP contribution in [0.3, 0.4) is 0 Å². The first-order chi connectivity index (χ1) is 8.93. The van der Waals surface area contributed by atoms with E-state index in [0.29, 0.717) is 5.02 Å². The summed E-state index contributed by atoms with van der Waals surface area (Å²) in [5, 5.41) is 12.6. The number of hydrogen-bond acceptors (Lipinski definition) is 2. The van der Waals surface area contributed by atoms with E-state index in [-0.39, 0.29) is 17.7 Å². The van der Waals surface area contributed by atoms with Gasteiger partial charge in [0, 0.05) is 10.6 Å². The summed E-state index contributed by atoms with van der Waals surface area (Å²) in [6.45, 7) is 0. The second-order valence-electron chi connectivity index (χ2n) is 3.74. The number of rotatable bonds is 2. The van der Waals surface area contributed by atoms with Crippen LogP contribution in [-0.2, 0) is 12.6 Å². The monoisotopic (exact) mass is 285 g/mol. The molecule has 0 aliphatic rings. The van der Waals surface area contributed by atoms with Crippen LogP contribution in [0.15, 0.2) is 30.5 Å². The first-order valence-electron chi connectivity index (χ1n) is 5.20. The number of benzene rings is 1. The Hall–Kier alpha value is -2.00. The SMILES string of the molecule is N#CCc1cnn(-c2cccc(Cl)c2)c1C(F)(F)F. The number of nitriles is 1. The van der Waals surface area contributed by atoms with Gasteiger partial charge in [0.15, 0.2) is 5.69 Å². The van der Waals surface area contributed by atoms with Gasteiger partial charge in [0.2, 0.25) is 0 Å². The zero-order valence-corrected chi connectivity index (χ0v) is 10.2. The Morgan fingerprint density at radius 2 is 2.11 bits per heavy atom. The fourth-order valence-electron chi connectivity index (χ4n) is 1.70. The van der Waals surface area contributed by atoms with Gasteiger partial charge in [-0.3, -0.25) is 0 Å². The van der Waals surface area contributed by atoms with Crippen molar-refractivity contribution >= 4 is 11.6 Å². The molecule has 7 heteroatoms. The molecule has 0 aliphatic carbocycles. The minimum absolute atomic E-state index is 0.157. The van der Waals surface area contributed by atoms with Crippen LogP contribution in [-0.4, -0.2) is 9.78 Å². The lowest BCUT2D eigenvalue weighted by Crippen LogP contribution is -2.15. The second kappa shape index (κ2) is 4.94. The van der Waals surface area contributed by atoms with Gasteiger partial charge in [0.25, 0.3) is 0 Å². The Bertz CT molecular complexity index is 640. The maximum Gasteiger partial charge on any atom is 0.433 e. The van der Waals surface area contributed by atoms with E-state index in [0.717, 1.165) is 10.9 Å². The second-order valence-corrected chi connectivity index (χ2v) is 4.18. The minimum Gasteiger partial charge on any atom is -0.228 e. The van der Waals surface area contributed by atoms with Gasteiger partial charge < -0.3 is 0 Å². The van der Waals surface area contributed by atoms with Crippen LogP contribution < -0.4 is 0 Å². The summed E-state index contributed by atoms with van der Waals surface area (Å²) in [6, 6.07) is 7.62. The van der Waals surface area contributed by atoms with Gasteiger partial charge >= 0.3 is 6.18 Å². The molecule has 0 atom stereocenters. The lowest BCUT2D eigenvalue weighted by atomic mass is 10.2. The zero-order valence-electron chi connectivity index (χ0n) is 9.45. The molecule has 0 saturated heterocycles. The summed E-state index contributed by atoms with van der Waals surface area (Å²) in [4.78, 5) is 0. The molecule has 1 aromatic heterocycles. The molecule has 0 saturated carbocycles. The van der Waals surface area contributed by atoms with E-state index in [1.807, 2.05) is 0 Å². The molecule has 0 spiro atoms. The van der Waals surface area contributed by atoms with E-state index >= 15 is 0 Å². The molecule has 0 unspecified atom stereocenters. The Morgan fingerprint density at radius 3 is 2.68 bits per heavy atom. The quantitative estimate of drug-likeness (QED) is 0.846. The van der Waals surface area contributed by atoms with Crippen molar-refractivity contribution in [2.24, 2.45) is 0 Å². The van der Waals surface area contributed by atoms with Gasteiger partial charge in [0.1, 0.15) is 0 Å². The average Bonchev–Trinajstić information content (AvgIpc) is 2.73. The number of hydrogen-bond donors (Lipinski definition) is 0. The van der Waals surface area contributed by atoms with Crippen LogP contribution >= 0.6 is 11.6 Å². The fourth-order valence-corrected chi connectivity index (χ4v) is 1.89. The molecule has 0 aliphatic heterocycles. The van der Waals surface area contributed by atoms with Crippen LogP contribution in [0.4, 0.5) is 13.2 Å². The molecule has 3 nitrogen and oxygen atoms in total. The van der Waals surface area contributed by atoms with Crippen LogP contribution in [0.5, 0.6) is 0 Å². The smallest absolute Gasteiger partial charge is 0.228 e. The Balaban J connectivity index is 2.62. The highest BCUT2D eigenvalue weighted by atomic mass is 35.5. The Morgan fingerprint density at radius 1 is 1.37 bits per heavy atom. The molecular weight excluding hydrogens is 279 g/mol. The molecule has 2 aromatic rings. The van der Waals surface area contributed by atoms with Crippen molar-refractivity contribution in [3.8, 4) is 11.8 Å². The first kappa shape index (κ1) is 13.4. The van der Waals surface area contributed by atoms with E-state index in [1.54, 1.807) is 12.1 Å². The van der Waals surface area contributed by atoms with E-state index in [4.69, 9.17) is 16.9 Å². The molecule has 19 heavy (non-hydrogen) atoms. The standard InChI is InChI=1S/C12H7ClF3N3/c13-9-2-1-3-10(6-9)19-11(12(14,15)16)8(4-5-17)7-18-19/h1-3,6-7H,4H2. The largest absolute Gasteiger partial charge is 0.433 e. The van der Waals surface area contributed by atoms with Crippen molar-refractivity contribution in [3.63, 3.8) is 0 Å². The van der Waals surface area contributed by atoms with Crippen LogP contribution in [0.2, 0.25) is 5.02 Å². The number of aromatic nitrogens is 2. The Kier molecular flexibility index (Phi) is 3.49. The molecule has 98 valence electrons. The highest BCUT2D eigenvalue weighted by Crippen LogP contribution is 2.34. The summed E-state index contributed by atoms with van der Waals surface area (Å²) in [7, 11) is 0. The number of nitrogens with zero attached hydrogens (tertiary/aromatic N) is 3. The maximum absolute atomic E-state index is 13.0. The van der Waals surface area contributed by atoms with Gasteiger partial charge in [-0.25, -0.2) is 4.68 Å². The van der Waals surface area contributed by atoms with Gasteiger partial charge in [-0.15, -0.1) is 0 Å². The average molecular weight is 286 g/mol. The third-order valence-electron chi connectivity index (χ3n) is 2.44. The highest BCUT2D eigenvalue weighted by Gasteiger charge is 2.38. The predicted octanol–water partition coefficient (Wildman–Crippen LogP) is 3.61. The molecule has 1 heterocycles. The van der Waals surface area contributed by atoms with Crippen LogP contribution in [0.1, 0.15) is 11.3 Å². The van der Waals surface area contributed by atoms with Crippen molar-refractivity contribution in [2.45, 2.75) is 12.6 Å². The molecule has 0 radical (unpaired) electrons. The van der Waals surface area contributed by atoms with Gasteiger partial charge in [-0.2, -0.15) is 23.5 Å².